The van der Waals surface area contributed by atoms with Gasteiger partial charge in [0.15, 0.2) is 0 Å². The largest absolute Gasteiger partial charge is 0.381 e. The van der Waals surface area contributed by atoms with Gasteiger partial charge in [0.25, 0.3) is 0 Å². The summed E-state index contributed by atoms with van der Waals surface area (Å²) in [6.45, 7) is 5.44. The first kappa shape index (κ1) is 12.6. The Hall–Kier alpha value is -0.370. The predicted molar refractivity (Wildman–Crippen MR) is 54.9 cm³/mol. The molecule has 0 aliphatic heterocycles. The van der Waals surface area contributed by atoms with Crippen LogP contribution in [0, 0.1) is 0 Å². The molecule has 0 amide bonds. The van der Waals surface area contributed by atoms with E-state index in [1.165, 1.54) is 19.3 Å². The minimum atomic E-state index is 0.351. The molecule has 0 bridgehead atoms. The van der Waals surface area contributed by atoms with Crippen molar-refractivity contribution in [2.45, 2.75) is 52.4 Å². The molecule has 0 rings (SSSR count). The van der Waals surface area contributed by atoms with Crippen molar-refractivity contribution in [2.24, 2.45) is 0 Å². The van der Waals surface area contributed by atoms with E-state index in [4.69, 9.17) is 4.74 Å². The number of carbonyl (C=O) groups excluding carboxylic acids is 1. The summed E-state index contributed by atoms with van der Waals surface area (Å²) in [6.07, 6.45) is 6.06. The summed E-state index contributed by atoms with van der Waals surface area (Å²) >= 11 is 0. The maximum Gasteiger partial charge on any atom is 0.135 e. The van der Waals surface area contributed by atoms with Crippen molar-refractivity contribution in [3.05, 3.63) is 0 Å². The van der Waals surface area contributed by atoms with E-state index in [9.17, 15) is 4.79 Å². The van der Waals surface area contributed by atoms with E-state index < -0.39 is 0 Å². The molecule has 0 aromatic carbocycles. The first-order valence-corrected chi connectivity index (χ1v) is 5.40. The molecule has 0 fully saturated rings. The summed E-state index contributed by atoms with van der Waals surface area (Å²) in [7, 11) is 0. The van der Waals surface area contributed by atoms with Crippen LogP contribution in [0.5, 0.6) is 0 Å². The van der Waals surface area contributed by atoms with Crippen LogP contribution in [0.1, 0.15) is 52.4 Å². The van der Waals surface area contributed by atoms with E-state index >= 15 is 0 Å². The molecular formula is C11H22O2. The Morgan fingerprint density at radius 3 is 2.46 bits per heavy atom. The normalized spacial score (nSPS) is 10.3. The van der Waals surface area contributed by atoms with Gasteiger partial charge < -0.3 is 4.74 Å². The quantitative estimate of drug-likeness (QED) is 0.517. The second-order valence-corrected chi connectivity index (χ2v) is 3.30. The number of Topliss-reactive ketones (excluding diaryl/α,β-unsaturated/α-hetero) is 1. The van der Waals surface area contributed by atoms with Gasteiger partial charge in [-0.2, -0.15) is 0 Å². The SMILES string of the molecule is CCCCCCC(=O)CCOCC. The Balaban J connectivity index is 3.11. The van der Waals surface area contributed by atoms with Crippen LogP contribution in [0.4, 0.5) is 0 Å². The maximum absolute atomic E-state index is 11.2. The van der Waals surface area contributed by atoms with Crippen LogP contribution >= 0.6 is 0 Å². The third-order valence-corrected chi connectivity index (χ3v) is 2.04. The molecule has 0 aliphatic carbocycles. The van der Waals surface area contributed by atoms with Gasteiger partial charge in [-0.15, -0.1) is 0 Å². The summed E-state index contributed by atoms with van der Waals surface area (Å²) in [5.41, 5.74) is 0. The van der Waals surface area contributed by atoms with E-state index in [2.05, 4.69) is 6.92 Å². The minimum Gasteiger partial charge on any atom is -0.381 e. The standard InChI is InChI=1S/C11H22O2/c1-3-5-6-7-8-11(12)9-10-13-4-2/h3-10H2,1-2H3. The zero-order chi connectivity index (χ0) is 9.94. The first-order chi connectivity index (χ1) is 6.31. The van der Waals surface area contributed by atoms with Gasteiger partial charge in [-0.3, -0.25) is 4.79 Å². The second-order valence-electron chi connectivity index (χ2n) is 3.30. The van der Waals surface area contributed by atoms with Crippen molar-refractivity contribution in [3.8, 4) is 0 Å². The van der Waals surface area contributed by atoms with Crippen LogP contribution in [-0.4, -0.2) is 19.0 Å². The fourth-order valence-electron chi connectivity index (χ4n) is 1.20. The average Bonchev–Trinajstić information content (AvgIpc) is 2.13. The lowest BCUT2D eigenvalue weighted by atomic mass is 10.1. The number of hydrogen-bond donors (Lipinski definition) is 0. The second kappa shape index (κ2) is 9.72. The molecule has 0 unspecified atom stereocenters. The minimum absolute atomic E-state index is 0.351. The molecule has 0 aliphatic rings. The average molecular weight is 186 g/mol. The molecule has 0 atom stereocenters. The molecule has 0 spiro atoms. The Kier molecular flexibility index (Phi) is 9.44. The van der Waals surface area contributed by atoms with Gasteiger partial charge in [0, 0.05) is 19.4 Å². The summed E-state index contributed by atoms with van der Waals surface area (Å²) in [5.74, 6) is 0.351. The Morgan fingerprint density at radius 2 is 1.85 bits per heavy atom. The van der Waals surface area contributed by atoms with Crippen molar-refractivity contribution >= 4 is 5.78 Å². The molecule has 78 valence electrons. The van der Waals surface area contributed by atoms with Crippen molar-refractivity contribution in [2.75, 3.05) is 13.2 Å². The first-order valence-electron chi connectivity index (χ1n) is 5.40. The molecule has 13 heavy (non-hydrogen) atoms. The van der Waals surface area contributed by atoms with Crippen molar-refractivity contribution in [3.63, 3.8) is 0 Å². The van der Waals surface area contributed by atoms with Gasteiger partial charge in [0.2, 0.25) is 0 Å². The summed E-state index contributed by atoms with van der Waals surface area (Å²) in [4.78, 5) is 11.2. The summed E-state index contributed by atoms with van der Waals surface area (Å²) in [6, 6.07) is 0. The van der Waals surface area contributed by atoms with Crippen molar-refractivity contribution in [1.29, 1.82) is 0 Å². The zero-order valence-electron chi connectivity index (χ0n) is 8.97. The zero-order valence-corrected chi connectivity index (χ0v) is 8.97. The molecule has 0 aromatic heterocycles. The lowest BCUT2D eigenvalue weighted by Crippen LogP contribution is -2.03. The molecule has 2 nitrogen and oxygen atoms in total. The Labute approximate surface area is 81.7 Å². The monoisotopic (exact) mass is 186 g/mol. The number of carbonyl (C=O) groups is 1. The number of unbranched alkanes of at least 4 members (excludes halogenated alkanes) is 3. The van der Waals surface area contributed by atoms with E-state index in [0.29, 0.717) is 25.4 Å². The van der Waals surface area contributed by atoms with E-state index in [1.54, 1.807) is 0 Å². The smallest absolute Gasteiger partial charge is 0.135 e. The van der Waals surface area contributed by atoms with Crippen LogP contribution in [-0.2, 0) is 9.53 Å². The molecule has 0 aromatic rings. The highest BCUT2D eigenvalue weighted by atomic mass is 16.5. The predicted octanol–water partition coefficient (Wildman–Crippen LogP) is 2.95. The van der Waals surface area contributed by atoms with Gasteiger partial charge in [-0.05, 0) is 13.3 Å². The van der Waals surface area contributed by atoms with Crippen LogP contribution in [0.25, 0.3) is 0 Å². The third kappa shape index (κ3) is 9.54. The molecule has 0 saturated carbocycles. The van der Waals surface area contributed by atoms with Gasteiger partial charge in [0.05, 0.1) is 6.61 Å². The molecule has 0 heterocycles. The number of ketones is 1. The number of rotatable bonds is 9. The van der Waals surface area contributed by atoms with Crippen LogP contribution in [0.15, 0.2) is 0 Å². The third-order valence-electron chi connectivity index (χ3n) is 2.04. The molecule has 0 saturated heterocycles. The molecular weight excluding hydrogens is 164 g/mol. The van der Waals surface area contributed by atoms with E-state index in [1.807, 2.05) is 6.92 Å². The number of ether oxygens (including phenoxy) is 1. The van der Waals surface area contributed by atoms with E-state index in [0.717, 1.165) is 12.8 Å². The molecule has 0 N–H and O–H groups in total. The fourth-order valence-corrected chi connectivity index (χ4v) is 1.20. The highest BCUT2D eigenvalue weighted by Gasteiger charge is 2.00. The van der Waals surface area contributed by atoms with Crippen molar-refractivity contribution in [1.82, 2.24) is 0 Å². The van der Waals surface area contributed by atoms with Crippen LogP contribution < -0.4 is 0 Å². The van der Waals surface area contributed by atoms with Crippen LogP contribution in [0.2, 0.25) is 0 Å². The Bertz CT molecular complexity index is 121. The lowest BCUT2D eigenvalue weighted by Gasteiger charge is -2.00. The fraction of sp³-hybridized carbons (Fsp3) is 0.909. The van der Waals surface area contributed by atoms with E-state index in [-0.39, 0.29) is 0 Å². The van der Waals surface area contributed by atoms with Gasteiger partial charge >= 0.3 is 0 Å². The summed E-state index contributed by atoms with van der Waals surface area (Å²) in [5, 5.41) is 0. The summed E-state index contributed by atoms with van der Waals surface area (Å²) < 4.78 is 5.11. The molecule has 2 heteroatoms. The molecule has 0 radical (unpaired) electrons. The Morgan fingerprint density at radius 1 is 1.08 bits per heavy atom. The number of hydrogen-bond acceptors (Lipinski definition) is 2. The maximum atomic E-state index is 11.2. The van der Waals surface area contributed by atoms with Crippen molar-refractivity contribution < 1.29 is 9.53 Å². The van der Waals surface area contributed by atoms with Gasteiger partial charge in [-0.1, -0.05) is 26.2 Å². The topological polar surface area (TPSA) is 26.3 Å². The van der Waals surface area contributed by atoms with Gasteiger partial charge in [0.1, 0.15) is 5.78 Å². The lowest BCUT2D eigenvalue weighted by molar-refractivity contribution is -0.120. The highest BCUT2D eigenvalue weighted by Crippen LogP contribution is 2.04. The highest BCUT2D eigenvalue weighted by molar-refractivity contribution is 5.78. The van der Waals surface area contributed by atoms with Gasteiger partial charge in [-0.25, -0.2) is 0 Å². The van der Waals surface area contributed by atoms with Crippen LogP contribution in [0.3, 0.4) is 0 Å².